The number of rotatable bonds is 3. The Morgan fingerprint density at radius 1 is 1.89 bits per heavy atom. The number of nitrogens with one attached hydrogen (secondary N) is 1. The molecule has 0 aromatic rings. The van der Waals surface area contributed by atoms with Gasteiger partial charge in [-0.05, 0) is 12.2 Å². The smallest absolute Gasteiger partial charge is 0.165 e. The van der Waals surface area contributed by atoms with Gasteiger partial charge in [0.1, 0.15) is 13.3 Å². The number of hydrogen-bond acceptors (Lipinski definition) is 2. The summed E-state index contributed by atoms with van der Waals surface area (Å²) >= 11 is 4.48. The number of hydrogen-bond donors (Lipinski definition) is 2. The van der Waals surface area contributed by atoms with E-state index in [4.69, 9.17) is 16.9 Å². The van der Waals surface area contributed by atoms with Crippen LogP contribution in [0.25, 0.3) is 0 Å². The van der Waals surface area contributed by atoms with Gasteiger partial charge in [0.25, 0.3) is 0 Å². The summed E-state index contributed by atoms with van der Waals surface area (Å²) in [4.78, 5) is 0. The van der Waals surface area contributed by atoms with Crippen LogP contribution in [0.1, 0.15) is 0 Å². The lowest BCUT2D eigenvalue weighted by atomic mass is 10.8. The molecule has 0 aromatic heterocycles. The molecule has 0 spiro atoms. The average Bonchev–Trinajstić information content (AvgIpc) is 1.80. The largest absolute Gasteiger partial charge is 0.376 e. The maximum Gasteiger partial charge on any atom is 0.165 e. The summed E-state index contributed by atoms with van der Waals surface area (Å²) in [6.45, 7) is 0.551. The van der Waals surface area contributed by atoms with Gasteiger partial charge in [-0.2, -0.15) is 0 Å². The molecule has 0 aliphatic carbocycles. The molecule has 9 heavy (non-hydrogen) atoms. The second-order valence-corrected chi connectivity index (χ2v) is 1.68. The van der Waals surface area contributed by atoms with Gasteiger partial charge >= 0.3 is 0 Å². The van der Waals surface area contributed by atoms with Gasteiger partial charge in [-0.25, -0.2) is 0 Å². The molecule has 0 aliphatic rings. The predicted octanol–water partition coefficient (Wildman–Crippen LogP) is -0.573. The van der Waals surface area contributed by atoms with Crippen molar-refractivity contribution in [2.24, 2.45) is 5.73 Å². The molecule has 4 heteroatoms. The van der Waals surface area contributed by atoms with Crippen molar-refractivity contribution in [1.82, 2.24) is 5.32 Å². The van der Waals surface area contributed by atoms with Crippen molar-refractivity contribution < 1.29 is 4.74 Å². The topological polar surface area (TPSA) is 47.3 Å². The van der Waals surface area contributed by atoms with Crippen LogP contribution in [0.2, 0.25) is 0 Å². The molecular formula is C5H8N2OS. The Morgan fingerprint density at radius 3 is 3.00 bits per heavy atom. The Labute approximate surface area is 59.6 Å². The van der Waals surface area contributed by atoms with Gasteiger partial charge in [0, 0.05) is 0 Å². The van der Waals surface area contributed by atoms with E-state index < -0.39 is 0 Å². The maximum atomic E-state index is 5.06. The van der Waals surface area contributed by atoms with Crippen LogP contribution >= 0.6 is 12.2 Å². The Balaban J connectivity index is 2.94. The Morgan fingerprint density at radius 2 is 2.56 bits per heavy atom. The Hall–Kier alpha value is -0.790. The number of terminal acetylenes is 1. The van der Waals surface area contributed by atoms with E-state index >= 15 is 0 Å². The van der Waals surface area contributed by atoms with E-state index in [0.29, 0.717) is 0 Å². The molecule has 0 radical (unpaired) electrons. The highest BCUT2D eigenvalue weighted by Gasteiger charge is 1.82. The van der Waals surface area contributed by atoms with Crippen molar-refractivity contribution in [3.63, 3.8) is 0 Å². The zero-order valence-corrected chi connectivity index (χ0v) is 5.70. The van der Waals surface area contributed by atoms with Gasteiger partial charge in [-0.3, -0.25) is 0 Å². The lowest BCUT2D eigenvalue weighted by Crippen LogP contribution is -2.31. The third-order valence-electron chi connectivity index (χ3n) is 0.534. The van der Waals surface area contributed by atoms with Gasteiger partial charge in [0.2, 0.25) is 0 Å². The Bertz CT molecular complexity index is 129. The minimum absolute atomic E-state index is 0.215. The summed E-state index contributed by atoms with van der Waals surface area (Å²) in [5.74, 6) is 2.30. The molecule has 0 saturated heterocycles. The van der Waals surface area contributed by atoms with E-state index in [-0.39, 0.29) is 18.5 Å². The quantitative estimate of drug-likeness (QED) is 0.241. The fourth-order valence-electron chi connectivity index (χ4n) is 0.232. The second-order valence-electron chi connectivity index (χ2n) is 1.24. The minimum Gasteiger partial charge on any atom is -0.376 e. The molecular weight excluding hydrogens is 136 g/mol. The molecule has 0 amide bonds. The predicted molar refractivity (Wildman–Crippen MR) is 39.6 cm³/mol. The zero-order chi connectivity index (χ0) is 7.11. The molecule has 0 atom stereocenters. The first-order chi connectivity index (χ1) is 4.27. The highest BCUT2D eigenvalue weighted by molar-refractivity contribution is 7.80. The summed E-state index contributed by atoms with van der Waals surface area (Å²) in [5.41, 5.74) is 5.06. The van der Waals surface area contributed by atoms with Crippen molar-refractivity contribution in [3.05, 3.63) is 0 Å². The first kappa shape index (κ1) is 8.21. The first-order valence-electron chi connectivity index (χ1n) is 2.32. The summed E-state index contributed by atoms with van der Waals surface area (Å²) < 4.78 is 4.78. The summed E-state index contributed by atoms with van der Waals surface area (Å²) in [5, 5.41) is 2.79. The van der Waals surface area contributed by atoms with Gasteiger partial charge in [0.15, 0.2) is 5.11 Å². The molecule has 0 rings (SSSR count). The van der Waals surface area contributed by atoms with Crippen LogP contribution in [0.5, 0.6) is 0 Å². The third kappa shape index (κ3) is 7.21. The normalized spacial score (nSPS) is 7.89. The maximum absolute atomic E-state index is 5.06. The third-order valence-corrected chi connectivity index (χ3v) is 0.678. The molecule has 3 nitrogen and oxygen atoms in total. The van der Waals surface area contributed by atoms with Crippen LogP contribution in [0.3, 0.4) is 0 Å². The Kier molecular flexibility index (Phi) is 4.88. The van der Waals surface area contributed by atoms with Gasteiger partial charge in [0.05, 0.1) is 0 Å². The number of ether oxygens (including phenoxy) is 1. The zero-order valence-electron chi connectivity index (χ0n) is 4.89. The van der Waals surface area contributed by atoms with Gasteiger partial charge < -0.3 is 15.8 Å². The second kappa shape index (κ2) is 5.35. The standard InChI is InChI=1S/C5H8N2OS/c1-2-3-8-4-7-5(6)9/h1H,3-4H2,(H3,6,7,9). The lowest BCUT2D eigenvalue weighted by Gasteiger charge is -2.00. The first-order valence-corrected chi connectivity index (χ1v) is 2.72. The molecule has 0 fully saturated rings. The molecule has 0 heterocycles. The van der Waals surface area contributed by atoms with E-state index in [9.17, 15) is 0 Å². The van der Waals surface area contributed by atoms with E-state index in [1.807, 2.05) is 0 Å². The van der Waals surface area contributed by atoms with Gasteiger partial charge in [-0.1, -0.05) is 5.92 Å². The SMILES string of the molecule is C#CCOCNC(N)=S. The lowest BCUT2D eigenvalue weighted by molar-refractivity contribution is 0.161. The van der Waals surface area contributed by atoms with Crippen LogP contribution in [-0.2, 0) is 4.74 Å². The van der Waals surface area contributed by atoms with Crippen molar-refractivity contribution in [2.75, 3.05) is 13.3 Å². The van der Waals surface area contributed by atoms with Crippen LogP contribution in [0, 0.1) is 12.3 Å². The van der Waals surface area contributed by atoms with Crippen LogP contribution in [-0.4, -0.2) is 18.5 Å². The summed E-state index contributed by atoms with van der Waals surface area (Å²) in [7, 11) is 0. The molecule has 0 aromatic carbocycles. The van der Waals surface area contributed by atoms with E-state index in [1.165, 1.54) is 0 Å². The molecule has 0 unspecified atom stereocenters. The van der Waals surface area contributed by atoms with Crippen molar-refractivity contribution in [1.29, 1.82) is 0 Å². The molecule has 0 bridgehead atoms. The van der Waals surface area contributed by atoms with Crippen LogP contribution < -0.4 is 11.1 Å². The van der Waals surface area contributed by atoms with Crippen molar-refractivity contribution in [2.45, 2.75) is 0 Å². The summed E-state index contributed by atoms with van der Waals surface area (Å²) in [6.07, 6.45) is 4.88. The van der Waals surface area contributed by atoms with Crippen molar-refractivity contribution >= 4 is 17.3 Å². The molecule has 0 saturated carbocycles. The number of nitrogens with two attached hydrogens (primary N) is 1. The summed E-state index contributed by atoms with van der Waals surface area (Å²) in [6, 6.07) is 0. The average molecular weight is 144 g/mol. The van der Waals surface area contributed by atoms with Crippen LogP contribution in [0.15, 0.2) is 0 Å². The molecule has 50 valence electrons. The van der Waals surface area contributed by atoms with Crippen molar-refractivity contribution in [3.8, 4) is 12.3 Å². The fourth-order valence-corrected chi connectivity index (χ4v) is 0.291. The highest BCUT2D eigenvalue weighted by Crippen LogP contribution is 1.66. The molecule has 3 N–H and O–H groups in total. The highest BCUT2D eigenvalue weighted by atomic mass is 32.1. The van der Waals surface area contributed by atoms with E-state index in [1.54, 1.807) is 0 Å². The van der Waals surface area contributed by atoms with Crippen LogP contribution in [0.4, 0.5) is 0 Å². The fraction of sp³-hybridized carbons (Fsp3) is 0.400. The van der Waals surface area contributed by atoms with E-state index in [0.717, 1.165) is 0 Å². The van der Waals surface area contributed by atoms with E-state index in [2.05, 4.69) is 23.5 Å². The van der Waals surface area contributed by atoms with Gasteiger partial charge in [-0.15, -0.1) is 6.42 Å². The minimum atomic E-state index is 0.215. The molecule has 0 aliphatic heterocycles. The monoisotopic (exact) mass is 144 g/mol. The number of thiocarbonyl (C=S) groups is 1.